The molecule has 2 aromatic rings. The van der Waals surface area contributed by atoms with E-state index >= 15 is 0 Å². The van der Waals surface area contributed by atoms with Gasteiger partial charge in [0.25, 0.3) is 0 Å². The zero-order chi connectivity index (χ0) is 17.1. The summed E-state index contributed by atoms with van der Waals surface area (Å²) in [6.07, 6.45) is 0. The second-order valence-electron chi connectivity index (χ2n) is 5.85. The summed E-state index contributed by atoms with van der Waals surface area (Å²) in [6.45, 7) is 4.86. The van der Waals surface area contributed by atoms with E-state index in [0.717, 1.165) is 23.2 Å². The molecule has 1 heterocycles. The largest absolute Gasteiger partial charge is 0.368 e. The lowest BCUT2D eigenvalue weighted by Crippen LogP contribution is -2.50. The number of aryl methyl sites for hydroxylation is 1. The summed E-state index contributed by atoms with van der Waals surface area (Å²) in [5, 5.41) is 2.74. The van der Waals surface area contributed by atoms with Crippen molar-refractivity contribution in [3.63, 3.8) is 0 Å². The number of anilines is 2. The van der Waals surface area contributed by atoms with Gasteiger partial charge in [-0.1, -0.05) is 28.1 Å². The number of amides is 2. The quantitative estimate of drug-likeness (QED) is 0.830. The third kappa shape index (κ3) is 3.87. The molecule has 0 atom stereocenters. The van der Waals surface area contributed by atoms with Gasteiger partial charge in [0, 0.05) is 42.0 Å². The maximum atomic E-state index is 13.2. The predicted molar refractivity (Wildman–Crippen MR) is 98.1 cm³/mol. The Bertz CT molecular complexity index is 745. The van der Waals surface area contributed by atoms with Crippen molar-refractivity contribution in [2.75, 3.05) is 36.4 Å². The van der Waals surface area contributed by atoms with Crippen LogP contribution in [0.5, 0.6) is 0 Å². The van der Waals surface area contributed by atoms with Crippen molar-refractivity contribution in [3.8, 4) is 0 Å². The molecule has 0 spiro atoms. The van der Waals surface area contributed by atoms with Crippen LogP contribution >= 0.6 is 15.9 Å². The molecule has 0 bridgehead atoms. The smallest absolute Gasteiger partial charge is 0.321 e. The molecule has 24 heavy (non-hydrogen) atoms. The molecule has 3 rings (SSSR count). The van der Waals surface area contributed by atoms with Gasteiger partial charge in [-0.25, -0.2) is 9.18 Å². The lowest BCUT2D eigenvalue weighted by Gasteiger charge is -2.36. The van der Waals surface area contributed by atoms with Crippen LogP contribution < -0.4 is 10.2 Å². The standard InChI is InChI=1S/C18H19BrFN3O/c1-13-5-6-16(12-17(13)19)22-7-9-23(10-8-22)18(24)21-15-4-2-3-14(20)11-15/h2-6,11-12H,7-10H2,1H3,(H,21,24). The number of halogens is 2. The van der Waals surface area contributed by atoms with Gasteiger partial charge < -0.3 is 15.1 Å². The van der Waals surface area contributed by atoms with Crippen LogP contribution in [-0.2, 0) is 0 Å². The Morgan fingerprint density at radius 1 is 1.12 bits per heavy atom. The second kappa shape index (κ2) is 7.21. The highest BCUT2D eigenvalue weighted by atomic mass is 79.9. The third-order valence-electron chi connectivity index (χ3n) is 4.16. The molecule has 126 valence electrons. The predicted octanol–water partition coefficient (Wildman–Crippen LogP) is 4.25. The molecule has 0 aliphatic carbocycles. The molecule has 2 amide bonds. The van der Waals surface area contributed by atoms with Crippen LogP contribution in [0.4, 0.5) is 20.6 Å². The number of nitrogens with zero attached hydrogens (tertiary/aromatic N) is 2. The normalized spacial score (nSPS) is 14.6. The summed E-state index contributed by atoms with van der Waals surface area (Å²) in [5.74, 6) is -0.359. The minimum Gasteiger partial charge on any atom is -0.368 e. The molecule has 0 radical (unpaired) electrons. The average Bonchev–Trinajstić information content (AvgIpc) is 2.57. The van der Waals surface area contributed by atoms with Crippen LogP contribution in [-0.4, -0.2) is 37.1 Å². The van der Waals surface area contributed by atoms with Crippen LogP contribution in [0.2, 0.25) is 0 Å². The molecule has 1 saturated heterocycles. The number of carbonyl (C=O) groups excluding carboxylic acids is 1. The summed E-state index contributed by atoms with van der Waals surface area (Å²) in [5.41, 5.74) is 2.83. The maximum Gasteiger partial charge on any atom is 0.321 e. The number of urea groups is 1. The molecule has 1 N–H and O–H groups in total. The van der Waals surface area contributed by atoms with Crippen molar-refractivity contribution in [3.05, 3.63) is 58.3 Å². The SMILES string of the molecule is Cc1ccc(N2CCN(C(=O)Nc3cccc(F)c3)CC2)cc1Br. The first-order chi connectivity index (χ1) is 11.5. The van der Waals surface area contributed by atoms with E-state index < -0.39 is 0 Å². The summed E-state index contributed by atoms with van der Waals surface area (Å²) in [6, 6.07) is 12.0. The maximum absolute atomic E-state index is 13.2. The van der Waals surface area contributed by atoms with Gasteiger partial charge in [-0.15, -0.1) is 0 Å². The Labute approximate surface area is 149 Å². The van der Waals surface area contributed by atoms with Crippen molar-refractivity contribution in [2.45, 2.75) is 6.92 Å². The van der Waals surface area contributed by atoms with Gasteiger partial charge >= 0.3 is 6.03 Å². The van der Waals surface area contributed by atoms with Gasteiger partial charge in [0.2, 0.25) is 0 Å². The van der Waals surface area contributed by atoms with Crippen molar-refractivity contribution < 1.29 is 9.18 Å². The Morgan fingerprint density at radius 3 is 2.54 bits per heavy atom. The third-order valence-corrected chi connectivity index (χ3v) is 5.02. The van der Waals surface area contributed by atoms with Gasteiger partial charge in [0.1, 0.15) is 5.82 Å². The molecule has 2 aromatic carbocycles. The zero-order valence-corrected chi connectivity index (χ0v) is 15.0. The molecule has 0 unspecified atom stereocenters. The van der Waals surface area contributed by atoms with E-state index in [-0.39, 0.29) is 11.8 Å². The highest BCUT2D eigenvalue weighted by molar-refractivity contribution is 9.10. The minimum absolute atomic E-state index is 0.190. The number of nitrogens with one attached hydrogen (secondary N) is 1. The number of benzene rings is 2. The molecule has 1 fully saturated rings. The van der Waals surface area contributed by atoms with E-state index in [0.29, 0.717) is 18.8 Å². The number of piperazine rings is 1. The zero-order valence-electron chi connectivity index (χ0n) is 13.4. The molecule has 1 aliphatic rings. The highest BCUT2D eigenvalue weighted by Crippen LogP contribution is 2.24. The van der Waals surface area contributed by atoms with Crippen molar-refractivity contribution >= 4 is 33.3 Å². The Morgan fingerprint density at radius 2 is 1.88 bits per heavy atom. The number of hydrogen-bond donors (Lipinski definition) is 1. The van der Waals surface area contributed by atoms with E-state index in [1.807, 2.05) is 0 Å². The Balaban J connectivity index is 1.58. The van der Waals surface area contributed by atoms with E-state index in [1.54, 1.807) is 17.0 Å². The Hall–Kier alpha value is -2.08. The minimum atomic E-state index is -0.359. The van der Waals surface area contributed by atoms with E-state index in [1.165, 1.54) is 17.7 Å². The van der Waals surface area contributed by atoms with Gasteiger partial charge in [0.15, 0.2) is 0 Å². The lowest BCUT2D eigenvalue weighted by atomic mass is 10.2. The van der Waals surface area contributed by atoms with Crippen molar-refractivity contribution in [2.24, 2.45) is 0 Å². The molecule has 0 saturated carbocycles. The fourth-order valence-electron chi connectivity index (χ4n) is 2.71. The van der Waals surface area contributed by atoms with Gasteiger partial charge in [-0.2, -0.15) is 0 Å². The van der Waals surface area contributed by atoms with Gasteiger partial charge in [0.05, 0.1) is 0 Å². The van der Waals surface area contributed by atoms with Crippen LogP contribution in [0.1, 0.15) is 5.56 Å². The first-order valence-electron chi connectivity index (χ1n) is 7.85. The molecule has 1 aliphatic heterocycles. The molecular weight excluding hydrogens is 373 g/mol. The summed E-state index contributed by atoms with van der Waals surface area (Å²) < 4.78 is 14.3. The van der Waals surface area contributed by atoms with Crippen LogP contribution in [0, 0.1) is 12.7 Å². The molecule has 6 heteroatoms. The van der Waals surface area contributed by atoms with Crippen LogP contribution in [0.3, 0.4) is 0 Å². The monoisotopic (exact) mass is 391 g/mol. The summed E-state index contributed by atoms with van der Waals surface area (Å²) >= 11 is 3.56. The van der Waals surface area contributed by atoms with Crippen molar-refractivity contribution in [1.29, 1.82) is 0 Å². The van der Waals surface area contributed by atoms with E-state index in [4.69, 9.17) is 0 Å². The lowest BCUT2D eigenvalue weighted by molar-refractivity contribution is 0.208. The van der Waals surface area contributed by atoms with Crippen LogP contribution in [0.25, 0.3) is 0 Å². The van der Waals surface area contributed by atoms with Crippen LogP contribution in [0.15, 0.2) is 46.9 Å². The molecule has 4 nitrogen and oxygen atoms in total. The van der Waals surface area contributed by atoms with Gasteiger partial charge in [-0.3, -0.25) is 0 Å². The van der Waals surface area contributed by atoms with Gasteiger partial charge in [-0.05, 0) is 42.8 Å². The summed E-state index contributed by atoms with van der Waals surface area (Å²) in [4.78, 5) is 16.3. The van der Waals surface area contributed by atoms with E-state index in [9.17, 15) is 9.18 Å². The topological polar surface area (TPSA) is 35.6 Å². The molecule has 0 aromatic heterocycles. The van der Waals surface area contributed by atoms with Crippen molar-refractivity contribution in [1.82, 2.24) is 4.90 Å². The first-order valence-corrected chi connectivity index (χ1v) is 8.65. The summed E-state index contributed by atoms with van der Waals surface area (Å²) in [7, 11) is 0. The second-order valence-corrected chi connectivity index (χ2v) is 6.70. The number of carbonyl (C=O) groups is 1. The first kappa shape index (κ1) is 16.8. The Kier molecular flexibility index (Phi) is 5.04. The average molecular weight is 392 g/mol. The number of rotatable bonds is 2. The number of hydrogen-bond acceptors (Lipinski definition) is 2. The van der Waals surface area contributed by atoms with E-state index in [2.05, 4.69) is 51.3 Å². The fourth-order valence-corrected chi connectivity index (χ4v) is 3.08. The molecular formula is C18H19BrFN3O. The highest BCUT2D eigenvalue weighted by Gasteiger charge is 2.21. The fraction of sp³-hybridized carbons (Fsp3) is 0.278.